The van der Waals surface area contributed by atoms with Gasteiger partial charge < -0.3 is 10.8 Å². The Balaban J connectivity index is 3.01. The minimum Gasteiger partial charge on any atom is -0.387 e. The number of aliphatic hydroxyl groups is 1. The highest BCUT2D eigenvalue weighted by molar-refractivity contribution is 5.31. The Kier molecular flexibility index (Phi) is 2.84. The second-order valence-corrected chi connectivity index (χ2v) is 3.11. The molecule has 2 heteroatoms. The highest BCUT2D eigenvalue weighted by atomic mass is 16.3. The van der Waals surface area contributed by atoms with Crippen LogP contribution in [0.5, 0.6) is 0 Å². The Morgan fingerprint density at radius 2 is 2.08 bits per heavy atom. The molecular formula is C10H15NO. The van der Waals surface area contributed by atoms with Crippen LogP contribution < -0.4 is 5.73 Å². The summed E-state index contributed by atoms with van der Waals surface area (Å²) in [4.78, 5) is 0. The predicted octanol–water partition coefficient (Wildman–Crippen LogP) is 1.30. The first-order valence-electron chi connectivity index (χ1n) is 4.10. The number of aryl methyl sites for hydroxylation is 2. The Hall–Kier alpha value is -0.860. The van der Waals surface area contributed by atoms with Gasteiger partial charge in [0.25, 0.3) is 0 Å². The second-order valence-electron chi connectivity index (χ2n) is 3.11. The second kappa shape index (κ2) is 3.70. The van der Waals surface area contributed by atoms with E-state index in [1.807, 2.05) is 32.0 Å². The van der Waals surface area contributed by atoms with Crippen LogP contribution in [-0.4, -0.2) is 11.7 Å². The van der Waals surface area contributed by atoms with E-state index < -0.39 is 6.10 Å². The lowest BCUT2D eigenvalue weighted by molar-refractivity contribution is 0.186. The third kappa shape index (κ3) is 1.84. The molecule has 1 aromatic carbocycles. The van der Waals surface area contributed by atoms with E-state index in [-0.39, 0.29) is 6.54 Å². The van der Waals surface area contributed by atoms with Crippen molar-refractivity contribution in [1.82, 2.24) is 0 Å². The molecule has 0 aliphatic carbocycles. The standard InChI is InChI=1S/C10H15NO/c1-7-3-4-9(8(2)5-7)10(12)6-11/h3-5,10,12H,6,11H2,1-2H3/t10-/m0/s1. The summed E-state index contributed by atoms with van der Waals surface area (Å²) < 4.78 is 0. The van der Waals surface area contributed by atoms with Gasteiger partial charge in [-0.1, -0.05) is 23.8 Å². The fraction of sp³-hybridized carbons (Fsp3) is 0.400. The van der Waals surface area contributed by atoms with E-state index >= 15 is 0 Å². The topological polar surface area (TPSA) is 46.2 Å². The van der Waals surface area contributed by atoms with Gasteiger partial charge in [0.15, 0.2) is 0 Å². The first-order valence-corrected chi connectivity index (χ1v) is 4.10. The van der Waals surface area contributed by atoms with E-state index in [9.17, 15) is 5.11 Å². The molecule has 0 aliphatic rings. The molecule has 0 bridgehead atoms. The quantitative estimate of drug-likeness (QED) is 0.693. The largest absolute Gasteiger partial charge is 0.387 e. The molecule has 0 saturated heterocycles. The van der Waals surface area contributed by atoms with Crippen molar-refractivity contribution in [2.75, 3.05) is 6.54 Å². The normalized spacial score (nSPS) is 13.0. The fourth-order valence-electron chi connectivity index (χ4n) is 1.33. The van der Waals surface area contributed by atoms with Gasteiger partial charge in [-0.05, 0) is 25.0 Å². The van der Waals surface area contributed by atoms with Crippen LogP contribution in [0.1, 0.15) is 22.8 Å². The first-order chi connectivity index (χ1) is 5.65. The summed E-state index contributed by atoms with van der Waals surface area (Å²) in [5.41, 5.74) is 8.61. The molecule has 1 aromatic rings. The van der Waals surface area contributed by atoms with Gasteiger partial charge in [0.2, 0.25) is 0 Å². The number of rotatable bonds is 2. The van der Waals surface area contributed by atoms with Crippen molar-refractivity contribution >= 4 is 0 Å². The van der Waals surface area contributed by atoms with Crippen LogP contribution in [0.3, 0.4) is 0 Å². The molecule has 66 valence electrons. The molecule has 0 aromatic heterocycles. The van der Waals surface area contributed by atoms with Gasteiger partial charge >= 0.3 is 0 Å². The molecule has 0 unspecified atom stereocenters. The molecule has 1 rings (SSSR count). The molecule has 3 N–H and O–H groups in total. The van der Waals surface area contributed by atoms with Crippen molar-refractivity contribution < 1.29 is 5.11 Å². The molecular weight excluding hydrogens is 150 g/mol. The molecule has 0 heterocycles. The van der Waals surface area contributed by atoms with Crippen LogP contribution >= 0.6 is 0 Å². The summed E-state index contributed by atoms with van der Waals surface area (Å²) in [6.07, 6.45) is -0.523. The van der Waals surface area contributed by atoms with Gasteiger partial charge in [-0.15, -0.1) is 0 Å². The lowest BCUT2D eigenvalue weighted by Crippen LogP contribution is -2.12. The number of nitrogens with two attached hydrogens (primary N) is 1. The summed E-state index contributed by atoms with van der Waals surface area (Å²) in [5, 5.41) is 9.48. The van der Waals surface area contributed by atoms with Gasteiger partial charge in [0, 0.05) is 6.54 Å². The third-order valence-electron chi connectivity index (χ3n) is 2.01. The van der Waals surface area contributed by atoms with Gasteiger partial charge in [-0.2, -0.15) is 0 Å². The lowest BCUT2D eigenvalue weighted by Gasteiger charge is -2.11. The average Bonchev–Trinajstić information content (AvgIpc) is 2.03. The molecule has 0 radical (unpaired) electrons. The van der Waals surface area contributed by atoms with Crippen molar-refractivity contribution in [2.45, 2.75) is 20.0 Å². The zero-order chi connectivity index (χ0) is 9.14. The molecule has 0 fully saturated rings. The van der Waals surface area contributed by atoms with Crippen LogP contribution in [0.15, 0.2) is 18.2 Å². The first kappa shape index (κ1) is 9.23. The van der Waals surface area contributed by atoms with E-state index in [1.54, 1.807) is 0 Å². The third-order valence-corrected chi connectivity index (χ3v) is 2.01. The minimum atomic E-state index is -0.523. The van der Waals surface area contributed by atoms with Crippen molar-refractivity contribution in [3.05, 3.63) is 34.9 Å². The SMILES string of the molecule is Cc1ccc([C@@H](O)CN)c(C)c1. The molecule has 2 nitrogen and oxygen atoms in total. The van der Waals surface area contributed by atoms with Crippen molar-refractivity contribution in [1.29, 1.82) is 0 Å². The summed E-state index contributed by atoms with van der Waals surface area (Å²) in [6, 6.07) is 5.97. The van der Waals surface area contributed by atoms with Crippen LogP contribution in [0, 0.1) is 13.8 Å². The molecule has 0 aliphatic heterocycles. The van der Waals surface area contributed by atoms with Gasteiger partial charge in [0.05, 0.1) is 6.10 Å². The summed E-state index contributed by atoms with van der Waals surface area (Å²) in [6.45, 7) is 4.30. The number of aliphatic hydroxyl groups excluding tert-OH is 1. The Morgan fingerprint density at radius 1 is 1.42 bits per heavy atom. The maximum atomic E-state index is 9.48. The van der Waals surface area contributed by atoms with E-state index in [0.29, 0.717) is 0 Å². The molecule has 1 atom stereocenters. The summed E-state index contributed by atoms with van der Waals surface area (Å²) in [7, 11) is 0. The molecule has 0 spiro atoms. The summed E-state index contributed by atoms with van der Waals surface area (Å²) in [5.74, 6) is 0. The monoisotopic (exact) mass is 165 g/mol. The van der Waals surface area contributed by atoms with Crippen molar-refractivity contribution in [3.8, 4) is 0 Å². The zero-order valence-electron chi connectivity index (χ0n) is 7.54. The Morgan fingerprint density at radius 3 is 2.58 bits per heavy atom. The highest BCUT2D eigenvalue weighted by Gasteiger charge is 2.07. The van der Waals surface area contributed by atoms with Crippen LogP contribution in [-0.2, 0) is 0 Å². The van der Waals surface area contributed by atoms with E-state index in [0.717, 1.165) is 11.1 Å². The fourth-order valence-corrected chi connectivity index (χ4v) is 1.33. The van der Waals surface area contributed by atoms with Gasteiger partial charge in [0.1, 0.15) is 0 Å². The minimum absolute atomic E-state index is 0.282. The Bertz CT molecular complexity index is 271. The van der Waals surface area contributed by atoms with Gasteiger partial charge in [-0.25, -0.2) is 0 Å². The lowest BCUT2D eigenvalue weighted by atomic mass is 10.0. The predicted molar refractivity (Wildman–Crippen MR) is 49.9 cm³/mol. The van der Waals surface area contributed by atoms with Crippen LogP contribution in [0.2, 0.25) is 0 Å². The highest BCUT2D eigenvalue weighted by Crippen LogP contribution is 2.17. The van der Waals surface area contributed by atoms with Gasteiger partial charge in [-0.3, -0.25) is 0 Å². The van der Waals surface area contributed by atoms with Crippen molar-refractivity contribution in [3.63, 3.8) is 0 Å². The smallest absolute Gasteiger partial charge is 0.0914 e. The molecule has 12 heavy (non-hydrogen) atoms. The Labute approximate surface area is 73.0 Å². The van der Waals surface area contributed by atoms with Crippen LogP contribution in [0.4, 0.5) is 0 Å². The van der Waals surface area contributed by atoms with Crippen LogP contribution in [0.25, 0.3) is 0 Å². The number of hydrogen-bond acceptors (Lipinski definition) is 2. The summed E-state index contributed by atoms with van der Waals surface area (Å²) >= 11 is 0. The number of benzene rings is 1. The zero-order valence-corrected chi connectivity index (χ0v) is 7.54. The van der Waals surface area contributed by atoms with E-state index in [2.05, 4.69) is 0 Å². The van der Waals surface area contributed by atoms with Crippen molar-refractivity contribution in [2.24, 2.45) is 5.73 Å². The number of hydrogen-bond donors (Lipinski definition) is 2. The van der Waals surface area contributed by atoms with E-state index in [1.165, 1.54) is 5.56 Å². The maximum Gasteiger partial charge on any atom is 0.0914 e. The molecule has 0 amide bonds. The average molecular weight is 165 g/mol. The maximum absolute atomic E-state index is 9.48. The molecule has 0 saturated carbocycles. The van der Waals surface area contributed by atoms with E-state index in [4.69, 9.17) is 5.73 Å².